The number of amides is 1. The van der Waals surface area contributed by atoms with E-state index in [1.54, 1.807) is 4.68 Å². The van der Waals surface area contributed by atoms with Crippen LogP contribution in [0.3, 0.4) is 0 Å². The second-order valence-electron chi connectivity index (χ2n) is 4.63. The van der Waals surface area contributed by atoms with Crippen LogP contribution in [0.4, 0.5) is 0 Å². The fourth-order valence-corrected chi connectivity index (χ4v) is 2.55. The van der Waals surface area contributed by atoms with Crippen LogP contribution in [0.25, 0.3) is 0 Å². The molecule has 1 N–H and O–H groups in total. The number of aliphatic carboxylic acids is 1. The average Bonchev–Trinajstić information content (AvgIpc) is 3.19. The third-order valence-corrected chi connectivity index (χ3v) is 3.84. The van der Waals surface area contributed by atoms with E-state index in [1.807, 2.05) is 0 Å². The Balaban J connectivity index is 1.88. The molecule has 10 heteroatoms. The molecule has 0 bridgehead atoms. The van der Waals surface area contributed by atoms with Crippen molar-refractivity contribution in [3.8, 4) is 0 Å². The van der Waals surface area contributed by atoms with Crippen LogP contribution in [0.1, 0.15) is 18.9 Å². The van der Waals surface area contributed by atoms with E-state index in [2.05, 4.69) is 15.5 Å². The molecular formula is C11H17N5O4S. The minimum Gasteiger partial charge on any atom is -0.480 e. The van der Waals surface area contributed by atoms with Gasteiger partial charge in [-0.3, -0.25) is 9.59 Å². The number of methoxy groups -OCH3 is 1. The molecule has 0 aliphatic heterocycles. The molecule has 2 rings (SSSR count). The van der Waals surface area contributed by atoms with Crippen molar-refractivity contribution in [3.63, 3.8) is 0 Å². The third-order valence-electron chi connectivity index (χ3n) is 2.92. The minimum atomic E-state index is -1.05. The highest BCUT2D eigenvalue weighted by Gasteiger charge is 2.28. The summed E-state index contributed by atoms with van der Waals surface area (Å²) in [5.41, 5.74) is 0. The number of hydrogen-bond donors (Lipinski definition) is 1. The zero-order valence-electron chi connectivity index (χ0n) is 11.6. The van der Waals surface area contributed by atoms with Crippen LogP contribution in [0.5, 0.6) is 0 Å². The number of rotatable bonds is 9. The van der Waals surface area contributed by atoms with Gasteiger partial charge >= 0.3 is 5.97 Å². The second-order valence-corrected chi connectivity index (χ2v) is 5.57. The third kappa shape index (κ3) is 4.67. The van der Waals surface area contributed by atoms with Gasteiger partial charge in [0.05, 0.1) is 18.4 Å². The fourth-order valence-electron chi connectivity index (χ4n) is 1.70. The Labute approximate surface area is 125 Å². The van der Waals surface area contributed by atoms with Crippen molar-refractivity contribution in [1.82, 2.24) is 25.1 Å². The molecule has 9 nitrogen and oxygen atoms in total. The Bertz CT molecular complexity index is 505. The van der Waals surface area contributed by atoms with E-state index in [9.17, 15) is 9.59 Å². The lowest BCUT2D eigenvalue weighted by Gasteiger charge is -2.19. The highest BCUT2D eigenvalue weighted by Crippen LogP contribution is 2.36. The van der Waals surface area contributed by atoms with E-state index in [-0.39, 0.29) is 24.7 Å². The van der Waals surface area contributed by atoms with E-state index in [0.717, 1.165) is 12.8 Å². The number of hydrogen-bond acceptors (Lipinski definition) is 7. The number of tetrazole rings is 1. The highest BCUT2D eigenvalue weighted by atomic mass is 32.2. The maximum atomic E-state index is 12.1. The molecule has 0 unspecified atom stereocenters. The smallest absolute Gasteiger partial charge is 0.323 e. The second kappa shape index (κ2) is 7.36. The monoisotopic (exact) mass is 315 g/mol. The summed E-state index contributed by atoms with van der Waals surface area (Å²) < 4.78 is 6.60. The molecule has 1 heterocycles. The Morgan fingerprint density at radius 2 is 2.29 bits per heavy atom. The standard InChI is InChI=1S/C11H17N5O4S/c1-20-5-4-15(6-10(18)19)9(17)7-21-11-12-13-14-16(11)8-2-3-8/h8H,2-7H2,1H3,(H,18,19). The van der Waals surface area contributed by atoms with E-state index in [1.165, 1.54) is 23.8 Å². The van der Waals surface area contributed by atoms with Crippen LogP contribution in [0, 0.1) is 0 Å². The zero-order chi connectivity index (χ0) is 15.2. The van der Waals surface area contributed by atoms with Gasteiger partial charge in [0.2, 0.25) is 11.1 Å². The van der Waals surface area contributed by atoms with Gasteiger partial charge in [-0.2, -0.15) is 0 Å². The molecule has 1 amide bonds. The van der Waals surface area contributed by atoms with Gasteiger partial charge < -0.3 is 14.7 Å². The van der Waals surface area contributed by atoms with Crippen LogP contribution in [-0.4, -0.2) is 74.6 Å². The first-order valence-electron chi connectivity index (χ1n) is 6.51. The quantitative estimate of drug-likeness (QED) is 0.616. The topological polar surface area (TPSA) is 110 Å². The predicted molar refractivity (Wildman–Crippen MR) is 72.9 cm³/mol. The van der Waals surface area contributed by atoms with Gasteiger partial charge in [0, 0.05) is 13.7 Å². The Kier molecular flexibility index (Phi) is 5.51. The number of aromatic nitrogens is 4. The summed E-state index contributed by atoms with van der Waals surface area (Å²) >= 11 is 1.22. The van der Waals surface area contributed by atoms with Crippen molar-refractivity contribution in [1.29, 1.82) is 0 Å². The number of ether oxygens (including phenoxy) is 1. The van der Waals surface area contributed by atoms with Crippen LogP contribution < -0.4 is 0 Å². The molecule has 0 radical (unpaired) electrons. The number of carbonyl (C=O) groups excluding carboxylic acids is 1. The SMILES string of the molecule is COCCN(CC(=O)O)C(=O)CSc1nnnn1C1CC1. The van der Waals surface area contributed by atoms with Crippen molar-refractivity contribution in [3.05, 3.63) is 0 Å². The highest BCUT2D eigenvalue weighted by molar-refractivity contribution is 7.99. The molecule has 1 aliphatic rings. The van der Waals surface area contributed by atoms with Gasteiger partial charge in [0.25, 0.3) is 0 Å². The number of carboxylic acids is 1. The largest absolute Gasteiger partial charge is 0.480 e. The summed E-state index contributed by atoms with van der Waals surface area (Å²) in [6, 6.07) is 0.334. The number of carboxylic acid groups (broad SMARTS) is 1. The van der Waals surface area contributed by atoms with Gasteiger partial charge in [0.15, 0.2) is 0 Å². The molecule has 0 aromatic carbocycles. The summed E-state index contributed by atoms with van der Waals surface area (Å²) in [5, 5.41) is 20.8. The first-order valence-corrected chi connectivity index (χ1v) is 7.49. The molecule has 1 aromatic rings. The molecule has 1 aromatic heterocycles. The molecule has 0 spiro atoms. The predicted octanol–water partition coefficient (Wildman–Crippen LogP) is -0.340. The summed E-state index contributed by atoms with van der Waals surface area (Å²) in [6.07, 6.45) is 2.09. The van der Waals surface area contributed by atoms with E-state index in [0.29, 0.717) is 17.8 Å². The van der Waals surface area contributed by atoms with Gasteiger partial charge in [0.1, 0.15) is 6.54 Å². The van der Waals surface area contributed by atoms with Gasteiger partial charge in [-0.1, -0.05) is 11.8 Å². The van der Waals surface area contributed by atoms with E-state index < -0.39 is 5.97 Å². The number of carbonyl (C=O) groups is 2. The van der Waals surface area contributed by atoms with Crippen LogP contribution in [-0.2, 0) is 14.3 Å². The number of thioether (sulfide) groups is 1. The van der Waals surface area contributed by atoms with Crippen LogP contribution in [0.2, 0.25) is 0 Å². The lowest BCUT2D eigenvalue weighted by molar-refractivity contribution is -0.143. The normalized spacial score (nSPS) is 14.1. The number of nitrogens with zero attached hydrogens (tertiary/aromatic N) is 5. The molecule has 1 saturated carbocycles. The van der Waals surface area contributed by atoms with Crippen molar-refractivity contribution >= 4 is 23.6 Å². The van der Waals surface area contributed by atoms with Crippen molar-refractivity contribution in [2.75, 3.05) is 32.6 Å². The average molecular weight is 315 g/mol. The maximum Gasteiger partial charge on any atom is 0.323 e. The summed E-state index contributed by atoms with van der Waals surface area (Å²) in [6.45, 7) is 0.204. The van der Waals surface area contributed by atoms with Gasteiger partial charge in [-0.25, -0.2) is 4.68 Å². The molecule has 0 saturated heterocycles. The first-order chi connectivity index (χ1) is 10.1. The maximum absolute atomic E-state index is 12.1. The van der Waals surface area contributed by atoms with Gasteiger partial charge in [-0.05, 0) is 23.3 Å². The molecule has 1 fully saturated rings. The molecule has 1 aliphatic carbocycles. The summed E-state index contributed by atoms with van der Waals surface area (Å²) in [7, 11) is 1.50. The van der Waals surface area contributed by atoms with Crippen molar-refractivity contribution in [2.45, 2.75) is 24.0 Å². The first kappa shape index (κ1) is 15.7. The van der Waals surface area contributed by atoms with Crippen molar-refractivity contribution in [2.24, 2.45) is 0 Å². The molecule has 116 valence electrons. The summed E-state index contributed by atoms with van der Waals surface area (Å²) in [5.74, 6) is -1.22. The Hall–Kier alpha value is -1.68. The Morgan fingerprint density at radius 3 is 2.90 bits per heavy atom. The van der Waals surface area contributed by atoms with Crippen LogP contribution in [0.15, 0.2) is 5.16 Å². The minimum absolute atomic E-state index is 0.101. The lowest BCUT2D eigenvalue weighted by Crippen LogP contribution is -2.39. The van der Waals surface area contributed by atoms with E-state index in [4.69, 9.17) is 9.84 Å². The molecule has 21 heavy (non-hydrogen) atoms. The zero-order valence-corrected chi connectivity index (χ0v) is 12.5. The van der Waals surface area contributed by atoms with Crippen molar-refractivity contribution < 1.29 is 19.4 Å². The lowest BCUT2D eigenvalue weighted by atomic mass is 10.4. The fraction of sp³-hybridized carbons (Fsp3) is 0.727. The van der Waals surface area contributed by atoms with Gasteiger partial charge in [-0.15, -0.1) is 5.10 Å². The van der Waals surface area contributed by atoms with Crippen LogP contribution >= 0.6 is 11.8 Å². The molecular weight excluding hydrogens is 298 g/mol. The molecule has 0 atom stereocenters. The summed E-state index contributed by atoms with van der Waals surface area (Å²) in [4.78, 5) is 24.1. The van der Waals surface area contributed by atoms with E-state index >= 15 is 0 Å². The Morgan fingerprint density at radius 1 is 1.52 bits per heavy atom.